The minimum absolute atomic E-state index is 0.0211. The predicted octanol–water partition coefficient (Wildman–Crippen LogP) is 5.11. The molecule has 0 radical (unpaired) electrons. The molecule has 14 nitrogen and oxygen atoms in total. The molecule has 2 aromatic rings. The Kier molecular flexibility index (Phi) is 17.9. The third kappa shape index (κ3) is 16.1. The lowest BCUT2D eigenvalue weighted by molar-refractivity contribution is -0.143. The summed E-state index contributed by atoms with van der Waals surface area (Å²) in [5, 5.41) is 20.4. The SMILES string of the molecule is CC(C)CC(/C=C/C(Cc1ccccc1)C(=O)N1CCC[C@H]1C(=O)NC(C)C(=O)NC(CCCNC(=O)OCc1ccccc1)C(=O)O)NC(=O)OC(C)(C)C. The van der Waals surface area contributed by atoms with Gasteiger partial charge >= 0.3 is 18.2 Å². The minimum atomic E-state index is -1.26. The maximum absolute atomic E-state index is 14.2. The molecule has 1 saturated heterocycles. The van der Waals surface area contributed by atoms with Crippen molar-refractivity contribution in [2.24, 2.45) is 11.8 Å². The molecule has 5 N–H and O–H groups in total. The summed E-state index contributed by atoms with van der Waals surface area (Å²) in [6.07, 6.45) is 4.61. The zero-order chi connectivity index (χ0) is 41.3. The van der Waals surface area contributed by atoms with Crippen molar-refractivity contribution in [2.75, 3.05) is 13.1 Å². The highest BCUT2D eigenvalue weighted by Gasteiger charge is 2.38. The summed E-state index contributed by atoms with van der Waals surface area (Å²) in [6, 6.07) is 15.1. The van der Waals surface area contributed by atoms with Gasteiger partial charge in [0.05, 0.1) is 12.0 Å². The van der Waals surface area contributed by atoms with Crippen LogP contribution >= 0.6 is 0 Å². The average Bonchev–Trinajstić information content (AvgIpc) is 3.63. The first-order valence-electron chi connectivity index (χ1n) is 19.3. The van der Waals surface area contributed by atoms with Gasteiger partial charge in [0.25, 0.3) is 0 Å². The molecule has 56 heavy (non-hydrogen) atoms. The van der Waals surface area contributed by atoms with Gasteiger partial charge in [0.2, 0.25) is 17.7 Å². The summed E-state index contributed by atoms with van der Waals surface area (Å²) in [5.74, 6) is -3.16. The number of carboxylic acid groups (broad SMARTS) is 1. The van der Waals surface area contributed by atoms with Crippen LogP contribution in [0.15, 0.2) is 72.8 Å². The molecule has 0 aromatic heterocycles. The second-order valence-electron chi connectivity index (χ2n) is 15.5. The van der Waals surface area contributed by atoms with E-state index in [2.05, 4.69) is 21.3 Å². The second-order valence-corrected chi connectivity index (χ2v) is 15.5. The number of hydrogen-bond donors (Lipinski definition) is 5. The molecular formula is C42H59N5O9. The topological polar surface area (TPSA) is 192 Å². The second kappa shape index (κ2) is 22.2. The number of rotatable bonds is 19. The average molecular weight is 778 g/mol. The Hall–Kier alpha value is -5.40. The third-order valence-electron chi connectivity index (χ3n) is 8.98. The highest BCUT2D eigenvalue weighted by molar-refractivity contribution is 5.94. The lowest BCUT2D eigenvalue weighted by Crippen LogP contribution is -2.54. The van der Waals surface area contributed by atoms with Gasteiger partial charge in [-0.1, -0.05) is 86.7 Å². The number of carbonyl (C=O) groups is 6. The Labute approximate surface area is 330 Å². The number of nitrogens with one attached hydrogen (secondary N) is 4. The fourth-order valence-electron chi connectivity index (χ4n) is 6.24. The molecule has 5 amide bonds. The highest BCUT2D eigenvalue weighted by atomic mass is 16.6. The van der Waals surface area contributed by atoms with Crippen molar-refractivity contribution in [1.29, 1.82) is 0 Å². The molecule has 306 valence electrons. The van der Waals surface area contributed by atoms with Gasteiger partial charge in [0.1, 0.15) is 30.3 Å². The van der Waals surface area contributed by atoms with E-state index in [-0.39, 0.29) is 37.8 Å². The monoisotopic (exact) mass is 777 g/mol. The molecule has 4 unspecified atom stereocenters. The molecule has 5 atom stereocenters. The lowest BCUT2D eigenvalue weighted by Gasteiger charge is -2.29. The summed E-state index contributed by atoms with van der Waals surface area (Å²) in [6.45, 7) is 11.4. The van der Waals surface area contributed by atoms with Crippen molar-refractivity contribution in [3.63, 3.8) is 0 Å². The van der Waals surface area contributed by atoms with Gasteiger partial charge in [-0.05, 0) is 83.3 Å². The van der Waals surface area contributed by atoms with Gasteiger partial charge < -0.3 is 40.7 Å². The van der Waals surface area contributed by atoms with Crippen LogP contribution in [0.25, 0.3) is 0 Å². The van der Waals surface area contributed by atoms with Crippen molar-refractivity contribution in [3.05, 3.63) is 83.9 Å². The van der Waals surface area contributed by atoms with E-state index in [0.717, 1.165) is 11.1 Å². The number of benzene rings is 2. The largest absolute Gasteiger partial charge is 0.480 e. The fraction of sp³-hybridized carbons (Fsp3) is 0.524. The number of aliphatic carboxylic acids is 1. The number of alkyl carbamates (subject to hydrolysis) is 2. The maximum Gasteiger partial charge on any atom is 0.408 e. The van der Waals surface area contributed by atoms with Gasteiger partial charge in [-0.3, -0.25) is 14.4 Å². The zero-order valence-corrected chi connectivity index (χ0v) is 33.4. The quantitative estimate of drug-likeness (QED) is 0.0953. The Morgan fingerprint density at radius 3 is 2.12 bits per heavy atom. The minimum Gasteiger partial charge on any atom is -0.480 e. The van der Waals surface area contributed by atoms with Gasteiger partial charge in [0.15, 0.2) is 0 Å². The molecule has 0 saturated carbocycles. The Morgan fingerprint density at radius 2 is 1.52 bits per heavy atom. The van der Waals surface area contributed by atoms with Crippen LogP contribution in [-0.2, 0) is 41.7 Å². The molecule has 3 rings (SSSR count). The standard InChI is InChI=1S/C42H59N5O9/c1-28(2)25-33(45-41(54)56-42(4,5)6)22-21-32(26-30-15-9-7-10-16-30)38(50)47-24-14-20-35(47)37(49)44-29(3)36(48)46-34(39(51)52)19-13-23-43-40(53)55-27-31-17-11-8-12-18-31/h7-12,15-18,21-22,28-29,32-35H,13-14,19-20,23-27H2,1-6H3,(H,43,53)(H,44,49)(H,45,54)(H,46,48)(H,51,52)/b22-21+/t29?,32?,33?,34?,35-/m0/s1. The van der Waals surface area contributed by atoms with Crippen LogP contribution in [-0.4, -0.2) is 88.7 Å². The molecule has 2 aromatic carbocycles. The predicted molar refractivity (Wildman–Crippen MR) is 211 cm³/mol. The van der Waals surface area contributed by atoms with Gasteiger partial charge in [-0.15, -0.1) is 0 Å². The molecule has 1 fully saturated rings. The normalized spacial score (nSPS) is 16.3. The summed E-state index contributed by atoms with van der Waals surface area (Å²) in [7, 11) is 0. The van der Waals surface area contributed by atoms with Crippen molar-refractivity contribution in [3.8, 4) is 0 Å². The molecule has 0 bridgehead atoms. The van der Waals surface area contributed by atoms with Crippen molar-refractivity contribution >= 4 is 35.9 Å². The first kappa shape index (κ1) is 45.0. The van der Waals surface area contributed by atoms with Crippen LogP contribution < -0.4 is 21.3 Å². The third-order valence-corrected chi connectivity index (χ3v) is 8.98. The summed E-state index contributed by atoms with van der Waals surface area (Å²) in [4.78, 5) is 79.0. The van der Waals surface area contributed by atoms with Crippen LogP contribution in [0.5, 0.6) is 0 Å². The first-order chi connectivity index (χ1) is 26.5. The maximum atomic E-state index is 14.2. The van der Waals surface area contributed by atoms with E-state index in [0.29, 0.717) is 32.2 Å². The molecule has 0 aliphatic carbocycles. The highest BCUT2D eigenvalue weighted by Crippen LogP contribution is 2.24. The molecule has 1 heterocycles. The van der Waals surface area contributed by atoms with Gasteiger partial charge in [0, 0.05) is 13.1 Å². The molecule has 14 heteroatoms. The number of likely N-dealkylation sites (tertiary alicyclic amines) is 1. The number of ether oxygens (including phenoxy) is 2. The van der Waals surface area contributed by atoms with Crippen LogP contribution in [0.2, 0.25) is 0 Å². The Morgan fingerprint density at radius 1 is 0.875 bits per heavy atom. The van der Waals surface area contributed by atoms with E-state index in [4.69, 9.17) is 9.47 Å². The number of amides is 5. The number of carbonyl (C=O) groups excluding carboxylic acids is 5. The van der Waals surface area contributed by atoms with E-state index >= 15 is 0 Å². The van der Waals surface area contributed by atoms with Crippen LogP contribution in [0.3, 0.4) is 0 Å². The molecular weight excluding hydrogens is 718 g/mol. The van der Waals surface area contributed by atoms with E-state index in [1.807, 2.05) is 80.6 Å². The molecule has 0 spiro atoms. The van der Waals surface area contributed by atoms with Gasteiger partial charge in [-0.25, -0.2) is 14.4 Å². The first-order valence-corrected chi connectivity index (χ1v) is 19.3. The molecule has 1 aliphatic rings. The van der Waals surface area contributed by atoms with Crippen molar-refractivity contribution < 1.29 is 43.3 Å². The van der Waals surface area contributed by atoms with E-state index in [1.54, 1.807) is 26.8 Å². The number of nitrogens with zero attached hydrogens (tertiary/aromatic N) is 1. The van der Waals surface area contributed by atoms with Gasteiger partial charge in [-0.2, -0.15) is 0 Å². The smallest absolute Gasteiger partial charge is 0.408 e. The summed E-state index contributed by atoms with van der Waals surface area (Å²) >= 11 is 0. The van der Waals surface area contributed by atoms with Crippen molar-refractivity contribution in [1.82, 2.24) is 26.2 Å². The fourth-order valence-corrected chi connectivity index (χ4v) is 6.24. The lowest BCUT2D eigenvalue weighted by atomic mass is 9.95. The number of carboxylic acids is 1. The van der Waals surface area contributed by atoms with Crippen LogP contribution in [0, 0.1) is 11.8 Å². The summed E-state index contributed by atoms with van der Waals surface area (Å²) < 4.78 is 10.6. The summed E-state index contributed by atoms with van der Waals surface area (Å²) in [5.41, 5.74) is 1.07. The van der Waals surface area contributed by atoms with Crippen LogP contribution in [0.4, 0.5) is 9.59 Å². The van der Waals surface area contributed by atoms with E-state index in [1.165, 1.54) is 11.8 Å². The van der Waals surface area contributed by atoms with E-state index in [9.17, 15) is 33.9 Å². The zero-order valence-electron chi connectivity index (χ0n) is 33.4. The Balaban J connectivity index is 1.61. The Bertz CT molecular complexity index is 1630. The van der Waals surface area contributed by atoms with Crippen LogP contribution in [0.1, 0.15) is 84.8 Å². The van der Waals surface area contributed by atoms with E-state index < -0.39 is 65.7 Å². The van der Waals surface area contributed by atoms with Crippen molar-refractivity contribution in [2.45, 2.75) is 116 Å². The number of hydrogen-bond acceptors (Lipinski definition) is 8. The molecule has 1 aliphatic heterocycles.